The lowest BCUT2D eigenvalue weighted by Gasteiger charge is -2.16. The van der Waals surface area contributed by atoms with Gasteiger partial charge in [0.05, 0.1) is 11.8 Å². The number of aromatic nitrogens is 3. The Kier molecular flexibility index (Phi) is 4.27. The molecule has 1 fully saturated rings. The number of nitrogens with zero attached hydrogens (tertiary/aromatic N) is 4. The predicted octanol–water partition coefficient (Wildman–Crippen LogP) is 1.91. The van der Waals surface area contributed by atoms with Crippen LogP contribution < -0.4 is 10.6 Å². The molecule has 2 aromatic rings. The molecule has 11 heteroatoms. The van der Waals surface area contributed by atoms with E-state index in [4.69, 9.17) is 5.73 Å². The number of nitrogen functional groups attached to an aromatic ring is 1. The molecule has 2 aromatic heterocycles. The minimum Gasteiger partial charge on any atom is -0.382 e. The van der Waals surface area contributed by atoms with Gasteiger partial charge in [-0.15, -0.1) is 0 Å². The minimum atomic E-state index is -4.60. The van der Waals surface area contributed by atoms with E-state index in [0.29, 0.717) is 18.2 Å². The lowest BCUT2D eigenvalue weighted by atomic mass is 10.3. The van der Waals surface area contributed by atoms with Crippen molar-refractivity contribution in [2.75, 3.05) is 23.7 Å². The highest BCUT2D eigenvalue weighted by atomic mass is 32.2. The molecule has 1 aliphatic heterocycles. The Bertz CT molecular complexity index is 878. The van der Waals surface area contributed by atoms with Crippen LogP contribution in [-0.4, -0.2) is 36.5 Å². The SMILES string of the molecule is Nc1nc(N2CCCC2)ncc1S(=O)(=O)c1ccc(C(F)(F)F)cn1. The van der Waals surface area contributed by atoms with Gasteiger partial charge in [-0.3, -0.25) is 0 Å². The Labute approximate surface area is 141 Å². The van der Waals surface area contributed by atoms with Gasteiger partial charge in [-0.25, -0.2) is 18.4 Å². The van der Waals surface area contributed by atoms with Crippen molar-refractivity contribution < 1.29 is 21.6 Å². The molecule has 0 saturated carbocycles. The van der Waals surface area contributed by atoms with Crippen LogP contribution in [0.2, 0.25) is 0 Å². The van der Waals surface area contributed by atoms with Gasteiger partial charge in [-0.1, -0.05) is 0 Å². The maximum Gasteiger partial charge on any atom is 0.417 e. The number of sulfone groups is 1. The Hall–Kier alpha value is -2.43. The molecule has 2 N–H and O–H groups in total. The quantitative estimate of drug-likeness (QED) is 0.877. The van der Waals surface area contributed by atoms with Crippen LogP contribution in [0, 0.1) is 0 Å². The minimum absolute atomic E-state index is 0.265. The summed E-state index contributed by atoms with van der Waals surface area (Å²) >= 11 is 0. The second-order valence-electron chi connectivity index (χ2n) is 5.50. The molecule has 1 saturated heterocycles. The van der Waals surface area contributed by atoms with Gasteiger partial charge in [0.15, 0.2) is 5.03 Å². The molecule has 3 heterocycles. The zero-order chi connectivity index (χ0) is 18.2. The largest absolute Gasteiger partial charge is 0.417 e. The number of rotatable bonds is 3. The van der Waals surface area contributed by atoms with E-state index < -0.39 is 26.6 Å². The van der Waals surface area contributed by atoms with Crippen LogP contribution >= 0.6 is 0 Å². The summed E-state index contributed by atoms with van der Waals surface area (Å²) in [4.78, 5) is 12.9. The van der Waals surface area contributed by atoms with E-state index in [2.05, 4.69) is 15.0 Å². The van der Waals surface area contributed by atoms with Gasteiger partial charge < -0.3 is 10.6 Å². The van der Waals surface area contributed by atoms with Gasteiger partial charge in [-0.05, 0) is 25.0 Å². The van der Waals surface area contributed by atoms with Crippen molar-refractivity contribution in [3.8, 4) is 0 Å². The van der Waals surface area contributed by atoms with E-state index in [1.807, 2.05) is 4.90 Å². The van der Waals surface area contributed by atoms with Gasteiger partial charge in [-0.2, -0.15) is 18.2 Å². The second kappa shape index (κ2) is 6.14. The van der Waals surface area contributed by atoms with E-state index in [-0.39, 0.29) is 10.7 Å². The first-order valence-electron chi connectivity index (χ1n) is 7.35. The van der Waals surface area contributed by atoms with Crippen LogP contribution in [0.25, 0.3) is 0 Å². The lowest BCUT2D eigenvalue weighted by molar-refractivity contribution is -0.137. The summed E-state index contributed by atoms with van der Waals surface area (Å²) in [7, 11) is -4.22. The van der Waals surface area contributed by atoms with Crippen LogP contribution in [0.3, 0.4) is 0 Å². The molecule has 134 valence electrons. The summed E-state index contributed by atoms with van der Waals surface area (Å²) in [5.41, 5.74) is 4.71. The van der Waals surface area contributed by atoms with Gasteiger partial charge in [0, 0.05) is 19.3 Å². The van der Waals surface area contributed by atoms with Crippen molar-refractivity contribution in [3.05, 3.63) is 30.1 Å². The molecule has 0 radical (unpaired) electrons. The normalized spacial score (nSPS) is 15.6. The topological polar surface area (TPSA) is 102 Å². The number of halogens is 3. The monoisotopic (exact) mass is 373 g/mol. The molecule has 3 rings (SSSR count). The van der Waals surface area contributed by atoms with Crippen LogP contribution in [0.1, 0.15) is 18.4 Å². The smallest absolute Gasteiger partial charge is 0.382 e. The van der Waals surface area contributed by atoms with E-state index in [0.717, 1.165) is 38.2 Å². The summed E-state index contributed by atoms with van der Waals surface area (Å²) in [6.07, 6.45) is -1.11. The van der Waals surface area contributed by atoms with Crippen LogP contribution in [0.15, 0.2) is 34.4 Å². The molecule has 0 atom stereocenters. The summed E-state index contributed by atoms with van der Waals surface area (Å²) in [5, 5.41) is -0.551. The van der Waals surface area contributed by atoms with Crippen LogP contribution in [0.4, 0.5) is 24.9 Å². The van der Waals surface area contributed by atoms with Crippen molar-refractivity contribution in [1.82, 2.24) is 15.0 Å². The van der Waals surface area contributed by atoms with Crippen molar-refractivity contribution in [1.29, 1.82) is 0 Å². The third-order valence-electron chi connectivity index (χ3n) is 3.79. The number of nitrogens with two attached hydrogens (primary N) is 1. The zero-order valence-electron chi connectivity index (χ0n) is 12.9. The standard InChI is InChI=1S/C14H14F3N5O2S/c15-14(16,17)9-3-4-11(19-7-9)25(23,24)10-8-20-13(21-12(10)18)22-5-1-2-6-22/h3-4,7-8H,1-2,5-6H2,(H2,18,20,21). The molecule has 0 bridgehead atoms. The predicted molar refractivity (Wildman–Crippen MR) is 82.6 cm³/mol. The lowest BCUT2D eigenvalue weighted by Crippen LogP contribution is -2.21. The van der Waals surface area contributed by atoms with Gasteiger partial charge in [0.1, 0.15) is 10.7 Å². The molecular weight excluding hydrogens is 359 g/mol. The zero-order valence-corrected chi connectivity index (χ0v) is 13.7. The van der Waals surface area contributed by atoms with E-state index in [1.54, 1.807) is 0 Å². The summed E-state index contributed by atoms with van der Waals surface area (Å²) in [6.45, 7) is 1.51. The highest BCUT2D eigenvalue weighted by Crippen LogP contribution is 2.30. The number of anilines is 2. The summed E-state index contributed by atoms with van der Waals surface area (Å²) in [5.74, 6) is 0.0629. The van der Waals surface area contributed by atoms with E-state index in [1.165, 1.54) is 0 Å². The van der Waals surface area contributed by atoms with Crippen molar-refractivity contribution in [2.45, 2.75) is 28.9 Å². The second-order valence-corrected chi connectivity index (χ2v) is 7.36. The number of alkyl halides is 3. The van der Waals surface area contributed by atoms with E-state index in [9.17, 15) is 21.6 Å². The van der Waals surface area contributed by atoms with Crippen molar-refractivity contribution in [3.63, 3.8) is 0 Å². The third-order valence-corrected chi connectivity index (χ3v) is 5.47. The van der Waals surface area contributed by atoms with Gasteiger partial charge in [0.2, 0.25) is 15.8 Å². The molecule has 0 spiro atoms. The molecular formula is C14H14F3N5O2S. The van der Waals surface area contributed by atoms with Crippen LogP contribution in [-0.2, 0) is 16.0 Å². The highest BCUT2D eigenvalue weighted by molar-refractivity contribution is 7.91. The fraction of sp³-hybridized carbons (Fsp3) is 0.357. The van der Waals surface area contributed by atoms with Crippen molar-refractivity contribution >= 4 is 21.6 Å². The number of hydrogen-bond donors (Lipinski definition) is 1. The average Bonchev–Trinajstić information content (AvgIpc) is 3.08. The first-order chi connectivity index (χ1) is 11.7. The average molecular weight is 373 g/mol. The maximum atomic E-state index is 12.6. The molecule has 1 aliphatic rings. The highest BCUT2D eigenvalue weighted by Gasteiger charge is 2.32. The Balaban J connectivity index is 1.94. The summed E-state index contributed by atoms with van der Waals surface area (Å²) in [6, 6.07) is 1.43. The molecule has 25 heavy (non-hydrogen) atoms. The van der Waals surface area contributed by atoms with Crippen LogP contribution in [0.5, 0.6) is 0 Å². The van der Waals surface area contributed by atoms with Gasteiger partial charge >= 0.3 is 6.18 Å². The first-order valence-corrected chi connectivity index (χ1v) is 8.84. The fourth-order valence-electron chi connectivity index (χ4n) is 2.47. The number of hydrogen-bond acceptors (Lipinski definition) is 7. The maximum absolute atomic E-state index is 12.6. The first kappa shape index (κ1) is 17.4. The molecule has 7 nitrogen and oxygen atoms in total. The Morgan fingerprint density at radius 3 is 2.28 bits per heavy atom. The molecule has 0 amide bonds. The Morgan fingerprint density at radius 2 is 1.76 bits per heavy atom. The third kappa shape index (κ3) is 3.36. The molecule has 0 unspecified atom stereocenters. The fourth-order valence-corrected chi connectivity index (χ4v) is 3.65. The number of pyridine rings is 1. The molecule has 0 aliphatic carbocycles. The molecule has 0 aromatic carbocycles. The summed E-state index contributed by atoms with van der Waals surface area (Å²) < 4.78 is 62.7. The van der Waals surface area contributed by atoms with Crippen molar-refractivity contribution in [2.24, 2.45) is 0 Å². The van der Waals surface area contributed by atoms with Gasteiger partial charge in [0.25, 0.3) is 0 Å². The Morgan fingerprint density at radius 1 is 1.08 bits per heavy atom. The van der Waals surface area contributed by atoms with E-state index >= 15 is 0 Å².